The average molecular weight is 289 g/mol. The molecule has 1 aromatic carbocycles. The van der Waals surface area contributed by atoms with E-state index in [0.29, 0.717) is 0 Å². The number of methoxy groups -OCH3 is 1. The number of aryl methyl sites for hydroxylation is 1. The molecule has 13 heavy (non-hydrogen) atoms. The Hall–Kier alpha value is -0.290. The predicted molar refractivity (Wildman–Crippen MR) is 61.0 cm³/mol. The number of rotatable bonds is 1. The Morgan fingerprint density at radius 3 is 3.00 bits per heavy atom. The molecule has 0 bridgehead atoms. The molecule has 1 aliphatic carbocycles. The van der Waals surface area contributed by atoms with Crippen LogP contribution in [0.15, 0.2) is 12.1 Å². The molecule has 0 amide bonds. The van der Waals surface area contributed by atoms with E-state index in [1.165, 1.54) is 14.7 Å². The molecule has 0 aliphatic heterocycles. The van der Waals surface area contributed by atoms with Crippen LogP contribution in [0.1, 0.15) is 23.6 Å². The monoisotopic (exact) mass is 289 g/mol. The fourth-order valence-corrected chi connectivity index (χ4v) is 2.56. The smallest absolute Gasteiger partial charge is 0.124 e. The van der Waals surface area contributed by atoms with Crippen molar-refractivity contribution in [3.8, 4) is 5.75 Å². The molecule has 70 valence electrons. The summed E-state index contributed by atoms with van der Waals surface area (Å²) in [6.07, 6.45) is 2.13. The zero-order chi connectivity index (χ0) is 9.42. The van der Waals surface area contributed by atoms with Gasteiger partial charge in [0.25, 0.3) is 0 Å². The van der Waals surface area contributed by atoms with Crippen molar-refractivity contribution in [2.75, 3.05) is 7.11 Å². The first kappa shape index (κ1) is 9.27. The molecule has 0 spiro atoms. The van der Waals surface area contributed by atoms with Crippen LogP contribution in [0.5, 0.6) is 5.75 Å². The third-order valence-electron chi connectivity index (χ3n) is 2.51. The SMILES string of the molecule is COc1cc(I)cc2c1[C@@H](N)CC2. The van der Waals surface area contributed by atoms with E-state index in [1.807, 2.05) is 6.07 Å². The van der Waals surface area contributed by atoms with Gasteiger partial charge in [0, 0.05) is 15.2 Å². The van der Waals surface area contributed by atoms with Gasteiger partial charge < -0.3 is 10.5 Å². The highest BCUT2D eigenvalue weighted by atomic mass is 127. The van der Waals surface area contributed by atoms with Crippen LogP contribution in [-0.2, 0) is 6.42 Å². The maximum Gasteiger partial charge on any atom is 0.124 e. The summed E-state index contributed by atoms with van der Waals surface area (Å²) in [5.41, 5.74) is 8.56. The van der Waals surface area contributed by atoms with Gasteiger partial charge in [0.05, 0.1) is 7.11 Å². The quantitative estimate of drug-likeness (QED) is 0.805. The molecule has 2 nitrogen and oxygen atoms in total. The first-order chi connectivity index (χ1) is 6.22. The van der Waals surface area contributed by atoms with Crippen molar-refractivity contribution in [3.63, 3.8) is 0 Å². The molecule has 0 heterocycles. The minimum atomic E-state index is 0.168. The Morgan fingerprint density at radius 2 is 2.31 bits per heavy atom. The highest BCUT2D eigenvalue weighted by Crippen LogP contribution is 2.37. The first-order valence-electron chi connectivity index (χ1n) is 4.34. The largest absolute Gasteiger partial charge is 0.496 e. The fraction of sp³-hybridized carbons (Fsp3) is 0.400. The second-order valence-corrected chi connectivity index (χ2v) is 4.57. The Labute approximate surface area is 91.6 Å². The van der Waals surface area contributed by atoms with Crippen LogP contribution < -0.4 is 10.5 Å². The lowest BCUT2D eigenvalue weighted by molar-refractivity contribution is 0.406. The highest BCUT2D eigenvalue weighted by molar-refractivity contribution is 14.1. The number of ether oxygens (including phenoxy) is 1. The maximum absolute atomic E-state index is 5.99. The lowest BCUT2D eigenvalue weighted by atomic mass is 10.1. The average Bonchev–Trinajstić information content (AvgIpc) is 2.46. The summed E-state index contributed by atoms with van der Waals surface area (Å²) in [4.78, 5) is 0. The van der Waals surface area contributed by atoms with Crippen molar-refractivity contribution in [1.82, 2.24) is 0 Å². The number of benzene rings is 1. The standard InChI is InChI=1S/C10H12INO/c1-13-9-5-7(11)4-6-2-3-8(12)10(6)9/h4-5,8H,2-3,12H2,1H3/t8-/m0/s1. The molecule has 0 saturated carbocycles. The van der Waals surface area contributed by atoms with E-state index in [1.54, 1.807) is 7.11 Å². The number of hydrogen-bond acceptors (Lipinski definition) is 2. The molecule has 0 aromatic heterocycles. The maximum atomic E-state index is 5.99. The van der Waals surface area contributed by atoms with E-state index in [2.05, 4.69) is 28.7 Å². The van der Waals surface area contributed by atoms with Crippen LogP contribution >= 0.6 is 22.6 Å². The summed E-state index contributed by atoms with van der Waals surface area (Å²) in [5, 5.41) is 0. The molecule has 0 radical (unpaired) electrons. The number of hydrogen-bond donors (Lipinski definition) is 1. The van der Waals surface area contributed by atoms with E-state index in [4.69, 9.17) is 10.5 Å². The van der Waals surface area contributed by atoms with E-state index in [9.17, 15) is 0 Å². The number of halogens is 1. The molecule has 1 aliphatic rings. The minimum absolute atomic E-state index is 0.168. The molecule has 0 fully saturated rings. The Kier molecular flexibility index (Phi) is 2.47. The van der Waals surface area contributed by atoms with Crippen LogP contribution in [0, 0.1) is 3.57 Å². The summed E-state index contributed by atoms with van der Waals surface area (Å²) < 4.78 is 6.55. The molecule has 0 saturated heterocycles. The Morgan fingerprint density at radius 1 is 1.54 bits per heavy atom. The fourth-order valence-electron chi connectivity index (χ4n) is 1.90. The van der Waals surface area contributed by atoms with E-state index >= 15 is 0 Å². The summed E-state index contributed by atoms with van der Waals surface area (Å²) in [5.74, 6) is 0.951. The zero-order valence-electron chi connectivity index (χ0n) is 7.51. The van der Waals surface area contributed by atoms with E-state index < -0.39 is 0 Å². The van der Waals surface area contributed by atoms with Gasteiger partial charge in [0.2, 0.25) is 0 Å². The van der Waals surface area contributed by atoms with Crippen molar-refractivity contribution in [2.45, 2.75) is 18.9 Å². The summed E-state index contributed by atoms with van der Waals surface area (Å²) in [6.45, 7) is 0. The van der Waals surface area contributed by atoms with Crippen molar-refractivity contribution in [3.05, 3.63) is 26.8 Å². The Balaban J connectivity index is 2.57. The highest BCUT2D eigenvalue weighted by Gasteiger charge is 2.23. The minimum Gasteiger partial charge on any atom is -0.496 e. The van der Waals surface area contributed by atoms with E-state index in [0.717, 1.165) is 18.6 Å². The zero-order valence-corrected chi connectivity index (χ0v) is 9.67. The second kappa shape index (κ2) is 3.46. The third kappa shape index (κ3) is 1.55. The van der Waals surface area contributed by atoms with Crippen molar-refractivity contribution in [2.24, 2.45) is 5.73 Å². The molecule has 1 atom stereocenters. The van der Waals surface area contributed by atoms with Gasteiger partial charge in [-0.2, -0.15) is 0 Å². The van der Waals surface area contributed by atoms with Gasteiger partial charge >= 0.3 is 0 Å². The van der Waals surface area contributed by atoms with Gasteiger partial charge in [-0.1, -0.05) is 0 Å². The molecule has 3 heteroatoms. The van der Waals surface area contributed by atoms with Crippen LogP contribution in [0.25, 0.3) is 0 Å². The van der Waals surface area contributed by atoms with Gasteiger partial charge in [-0.05, 0) is 53.1 Å². The number of fused-ring (bicyclic) bond motifs is 1. The van der Waals surface area contributed by atoms with Gasteiger partial charge in [-0.3, -0.25) is 0 Å². The second-order valence-electron chi connectivity index (χ2n) is 3.33. The molecule has 1 aromatic rings. The molecular weight excluding hydrogens is 277 g/mol. The van der Waals surface area contributed by atoms with Crippen LogP contribution in [0.3, 0.4) is 0 Å². The van der Waals surface area contributed by atoms with Crippen LogP contribution in [-0.4, -0.2) is 7.11 Å². The predicted octanol–water partition coefficient (Wildman–Crippen LogP) is 2.25. The summed E-state index contributed by atoms with van der Waals surface area (Å²) in [7, 11) is 1.71. The lowest BCUT2D eigenvalue weighted by Crippen LogP contribution is -2.07. The number of nitrogens with two attached hydrogens (primary N) is 1. The third-order valence-corrected chi connectivity index (χ3v) is 3.13. The van der Waals surface area contributed by atoms with Crippen molar-refractivity contribution >= 4 is 22.6 Å². The molecule has 2 N–H and O–H groups in total. The lowest BCUT2D eigenvalue weighted by Gasteiger charge is -2.11. The van der Waals surface area contributed by atoms with Gasteiger partial charge in [-0.25, -0.2) is 0 Å². The normalized spacial score (nSPS) is 20.1. The van der Waals surface area contributed by atoms with Gasteiger partial charge in [-0.15, -0.1) is 0 Å². The summed E-state index contributed by atoms with van der Waals surface area (Å²) in [6, 6.07) is 4.41. The first-order valence-corrected chi connectivity index (χ1v) is 5.42. The Bertz CT molecular complexity index is 338. The van der Waals surface area contributed by atoms with Crippen LogP contribution in [0.4, 0.5) is 0 Å². The van der Waals surface area contributed by atoms with E-state index in [-0.39, 0.29) is 6.04 Å². The van der Waals surface area contributed by atoms with Crippen LogP contribution in [0.2, 0.25) is 0 Å². The van der Waals surface area contributed by atoms with Crippen molar-refractivity contribution in [1.29, 1.82) is 0 Å². The summed E-state index contributed by atoms with van der Waals surface area (Å²) >= 11 is 2.31. The van der Waals surface area contributed by atoms with Gasteiger partial charge in [0.15, 0.2) is 0 Å². The molecule has 2 rings (SSSR count). The van der Waals surface area contributed by atoms with Gasteiger partial charge in [0.1, 0.15) is 5.75 Å². The molecule has 0 unspecified atom stereocenters. The topological polar surface area (TPSA) is 35.2 Å². The molecular formula is C10H12INO. The van der Waals surface area contributed by atoms with Crippen molar-refractivity contribution < 1.29 is 4.74 Å².